The normalized spacial score (nSPS) is 12.6. The first-order chi connectivity index (χ1) is 12.2. The zero-order chi connectivity index (χ0) is 16.8. The highest BCUT2D eigenvalue weighted by Gasteiger charge is 2.00. The van der Waals surface area contributed by atoms with Gasteiger partial charge in [-0.3, -0.25) is 0 Å². The molecule has 0 aromatic carbocycles. The maximum Gasteiger partial charge on any atom is 0.141 e. The fourth-order valence-corrected chi connectivity index (χ4v) is 3.12. The van der Waals surface area contributed by atoms with Gasteiger partial charge in [-0.05, 0) is 60.7 Å². The Bertz CT molecular complexity index is 1310. The molecule has 1 aliphatic heterocycles. The minimum absolute atomic E-state index is 0.225. The van der Waals surface area contributed by atoms with E-state index in [0.717, 1.165) is 38.8 Å². The van der Waals surface area contributed by atoms with Crippen LogP contribution >= 0.6 is 0 Å². The van der Waals surface area contributed by atoms with Crippen molar-refractivity contribution in [2.24, 2.45) is 0 Å². The van der Waals surface area contributed by atoms with E-state index in [2.05, 4.69) is 38.2 Å². The van der Waals surface area contributed by atoms with E-state index in [-0.39, 0.29) is 5.75 Å². The molecule has 25 heavy (non-hydrogen) atoms. The molecule has 5 nitrogen and oxygen atoms in total. The molecule has 5 N–H and O–H groups in total. The third-order valence-corrected chi connectivity index (χ3v) is 4.27. The Labute approximate surface area is 142 Å². The lowest BCUT2D eigenvalue weighted by atomic mass is 10.3. The van der Waals surface area contributed by atoms with Crippen molar-refractivity contribution >= 4 is 24.3 Å². The van der Waals surface area contributed by atoms with Gasteiger partial charge >= 0.3 is 0 Å². The minimum Gasteiger partial charge on any atom is -0.506 e. The Kier molecular flexibility index (Phi) is 2.87. The maximum atomic E-state index is 10.2. The molecule has 0 saturated carbocycles. The van der Waals surface area contributed by atoms with E-state index in [4.69, 9.17) is 0 Å². The fourth-order valence-electron chi connectivity index (χ4n) is 3.12. The number of hydrogen-bond donors (Lipinski definition) is 5. The minimum atomic E-state index is 0.225. The SMILES string of the molecule is Oc1cc2[nH]c1=Cc1ccc([nH]1)C=c1ccc([nH]1)=Cc1ccc([nH]1)C=2. The van der Waals surface area contributed by atoms with Gasteiger partial charge in [-0.15, -0.1) is 0 Å². The number of rotatable bonds is 0. The molecule has 0 fully saturated rings. The van der Waals surface area contributed by atoms with Crippen molar-refractivity contribution in [2.75, 3.05) is 0 Å². The zero-order valence-corrected chi connectivity index (χ0v) is 13.3. The summed E-state index contributed by atoms with van der Waals surface area (Å²) in [6.45, 7) is 0. The van der Waals surface area contributed by atoms with E-state index in [1.165, 1.54) is 0 Å². The predicted octanol–water partition coefficient (Wildman–Crippen LogP) is 0.333. The summed E-state index contributed by atoms with van der Waals surface area (Å²) in [5.41, 5.74) is 3.89. The van der Waals surface area contributed by atoms with Crippen molar-refractivity contribution in [3.8, 4) is 5.75 Å². The molecule has 1 aliphatic rings. The summed E-state index contributed by atoms with van der Waals surface area (Å²) in [7, 11) is 0. The summed E-state index contributed by atoms with van der Waals surface area (Å²) in [4.78, 5) is 13.3. The molecule has 0 amide bonds. The molecular formula is C20H16N4O. The lowest BCUT2D eigenvalue weighted by Crippen LogP contribution is -2.10. The molecule has 0 unspecified atom stereocenters. The van der Waals surface area contributed by atoms with E-state index in [1.807, 2.05) is 42.5 Å². The van der Waals surface area contributed by atoms with Gasteiger partial charge in [0.15, 0.2) is 0 Å². The van der Waals surface area contributed by atoms with Crippen molar-refractivity contribution in [1.82, 2.24) is 19.9 Å². The third kappa shape index (κ3) is 2.61. The number of aromatic amines is 4. The molecule has 0 aliphatic carbocycles. The Morgan fingerprint density at radius 3 is 1.64 bits per heavy atom. The van der Waals surface area contributed by atoms with E-state index >= 15 is 0 Å². The highest BCUT2D eigenvalue weighted by molar-refractivity contribution is 5.56. The van der Waals surface area contributed by atoms with Crippen molar-refractivity contribution in [1.29, 1.82) is 0 Å². The van der Waals surface area contributed by atoms with Crippen molar-refractivity contribution in [3.63, 3.8) is 0 Å². The number of fused-ring (bicyclic) bond motifs is 8. The topological polar surface area (TPSA) is 83.4 Å². The smallest absolute Gasteiger partial charge is 0.141 e. The third-order valence-electron chi connectivity index (χ3n) is 4.27. The summed E-state index contributed by atoms with van der Waals surface area (Å²) >= 11 is 0. The van der Waals surface area contributed by atoms with Gasteiger partial charge in [-0.2, -0.15) is 0 Å². The zero-order valence-electron chi connectivity index (χ0n) is 13.3. The van der Waals surface area contributed by atoms with Gasteiger partial charge in [0.1, 0.15) is 5.75 Å². The molecule has 8 bridgehead atoms. The molecule has 5 rings (SSSR count). The second kappa shape index (κ2) is 5.21. The predicted molar refractivity (Wildman–Crippen MR) is 97.6 cm³/mol. The number of nitrogens with one attached hydrogen (secondary N) is 4. The van der Waals surface area contributed by atoms with Gasteiger partial charge < -0.3 is 25.0 Å². The van der Waals surface area contributed by atoms with Crippen LogP contribution in [0.15, 0.2) is 42.5 Å². The van der Waals surface area contributed by atoms with Gasteiger partial charge in [0.05, 0.1) is 5.35 Å². The maximum absolute atomic E-state index is 10.2. The molecule has 0 spiro atoms. The lowest BCUT2D eigenvalue weighted by molar-refractivity contribution is 0.471. The summed E-state index contributed by atoms with van der Waals surface area (Å²) < 4.78 is 0. The van der Waals surface area contributed by atoms with Crippen LogP contribution in [0.5, 0.6) is 5.75 Å². The molecule has 4 aromatic rings. The molecule has 5 heteroatoms. The number of hydrogen-bond acceptors (Lipinski definition) is 1. The fraction of sp³-hybridized carbons (Fsp3) is 0. The summed E-state index contributed by atoms with van der Waals surface area (Å²) in [6.07, 6.45) is 7.97. The summed E-state index contributed by atoms with van der Waals surface area (Å²) in [5, 5.41) is 13.7. The molecular weight excluding hydrogens is 312 g/mol. The van der Waals surface area contributed by atoms with Crippen LogP contribution in [0.1, 0.15) is 22.8 Å². The highest BCUT2D eigenvalue weighted by Crippen LogP contribution is 2.06. The molecule has 0 saturated heterocycles. The molecule has 5 heterocycles. The molecule has 122 valence electrons. The van der Waals surface area contributed by atoms with Crippen LogP contribution in [0.2, 0.25) is 0 Å². The number of H-pyrrole nitrogens is 4. The van der Waals surface area contributed by atoms with Crippen LogP contribution in [0.25, 0.3) is 24.3 Å². The van der Waals surface area contributed by atoms with Crippen molar-refractivity contribution < 1.29 is 5.11 Å². The van der Waals surface area contributed by atoms with Gasteiger partial charge in [-0.25, -0.2) is 0 Å². The van der Waals surface area contributed by atoms with Crippen molar-refractivity contribution in [3.05, 3.63) is 86.6 Å². The lowest BCUT2D eigenvalue weighted by Gasteiger charge is -1.89. The largest absolute Gasteiger partial charge is 0.506 e. The van der Waals surface area contributed by atoms with Gasteiger partial charge in [0, 0.05) is 44.9 Å². The molecule has 0 atom stereocenters. The Balaban J connectivity index is 1.81. The Morgan fingerprint density at radius 1 is 0.520 bits per heavy atom. The van der Waals surface area contributed by atoms with Gasteiger partial charge in [-0.1, -0.05) is 0 Å². The summed E-state index contributed by atoms with van der Waals surface area (Å²) in [5.74, 6) is 0.225. The van der Waals surface area contributed by atoms with Gasteiger partial charge in [0.2, 0.25) is 0 Å². The van der Waals surface area contributed by atoms with Crippen LogP contribution in [-0.4, -0.2) is 25.0 Å². The monoisotopic (exact) mass is 328 g/mol. The molecule has 0 radical (unpaired) electrons. The number of aromatic hydroxyl groups is 1. The van der Waals surface area contributed by atoms with Crippen LogP contribution in [0.3, 0.4) is 0 Å². The van der Waals surface area contributed by atoms with Crippen LogP contribution in [0.4, 0.5) is 0 Å². The van der Waals surface area contributed by atoms with Crippen molar-refractivity contribution in [2.45, 2.75) is 0 Å². The first-order valence-electron chi connectivity index (χ1n) is 8.09. The average molecular weight is 328 g/mol. The summed E-state index contributed by atoms with van der Waals surface area (Å²) in [6, 6.07) is 13.9. The molecule has 4 aromatic heterocycles. The second-order valence-electron chi connectivity index (χ2n) is 6.21. The van der Waals surface area contributed by atoms with E-state index in [0.29, 0.717) is 5.35 Å². The van der Waals surface area contributed by atoms with Crippen LogP contribution < -0.4 is 21.4 Å². The first kappa shape index (κ1) is 13.8. The van der Waals surface area contributed by atoms with E-state index in [9.17, 15) is 5.11 Å². The average Bonchev–Trinajstić information content (AvgIpc) is 3.33. The first-order valence-corrected chi connectivity index (χ1v) is 8.09. The number of aromatic nitrogens is 4. The van der Waals surface area contributed by atoms with Crippen LogP contribution in [-0.2, 0) is 0 Å². The van der Waals surface area contributed by atoms with Crippen LogP contribution in [0, 0.1) is 0 Å². The second-order valence-corrected chi connectivity index (χ2v) is 6.21. The van der Waals surface area contributed by atoms with E-state index < -0.39 is 0 Å². The standard InChI is InChI=1S/C20H16N4O/c25-20-11-18-9-16-4-3-14(22-16)7-12-1-2-13(21-12)8-15-5-6-17(23-15)10-19(20)24-18/h1-11,21-25H. The van der Waals surface area contributed by atoms with E-state index in [1.54, 1.807) is 6.07 Å². The Morgan fingerprint density at radius 2 is 1.04 bits per heavy atom. The quantitative estimate of drug-likeness (QED) is 0.279. The Hall–Kier alpha value is -3.60. The van der Waals surface area contributed by atoms with Gasteiger partial charge in [0.25, 0.3) is 0 Å². The highest BCUT2D eigenvalue weighted by atomic mass is 16.3.